The minimum Gasteiger partial charge on any atom is -0.480 e. The van der Waals surface area contributed by atoms with Crippen molar-refractivity contribution in [2.75, 3.05) is 13.1 Å². The van der Waals surface area contributed by atoms with Crippen molar-refractivity contribution in [3.8, 4) is 0 Å². The van der Waals surface area contributed by atoms with Gasteiger partial charge >= 0.3 is 5.97 Å². The van der Waals surface area contributed by atoms with Crippen LogP contribution in [0.3, 0.4) is 0 Å². The molecule has 1 aliphatic rings. The van der Waals surface area contributed by atoms with Gasteiger partial charge in [-0.1, -0.05) is 19.1 Å². The topological polar surface area (TPSA) is 40.5 Å². The van der Waals surface area contributed by atoms with Crippen LogP contribution in [-0.2, 0) is 4.79 Å². The molecule has 11 heavy (non-hydrogen) atoms. The highest BCUT2D eigenvalue weighted by atomic mass is 16.4. The van der Waals surface area contributed by atoms with Crippen LogP contribution >= 0.6 is 0 Å². The van der Waals surface area contributed by atoms with Crippen molar-refractivity contribution in [2.24, 2.45) is 0 Å². The molecule has 0 amide bonds. The van der Waals surface area contributed by atoms with Crippen molar-refractivity contribution in [2.45, 2.75) is 19.4 Å². The van der Waals surface area contributed by atoms with E-state index in [-0.39, 0.29) is 6.04 Å². The first-order valence-corrected chi connectivity index (χ1v) is 3.87. The molecule has 1 unspecified atom stereocenters. The van der Waals surface area contributed by atoms with E-state index in [1.165, 1.54) is 0 Å². The van der Waals surface area contributed by atoms with E-state index in [4.69, 9.17) is 5.11 Å². The van der Waals surface area contributed by atoms with Crippen LogP contribution in [0.4, 0.5) is 0 Å². The summed E-state index contributed by atoms with van der Waals surface area (Å²) in [6.07, 6.45) is 4.69. The first kappa shape index (κ1) is 8.27. The summed E-state index contributed by atoms with van der Waals surface area (Å²) < 4.78 is 0. The number of rotatable bonds is 3. The zero-order chi connectivity index (χ0) is 8.27. The molecule has 62 valence electrons. The van der Waals surface area contributed by atoms with Crippen LogP contribution in [0.5, 0.6) is 0 Å². The lowest BCUT2D eigenvalue weighted by Crippen LogP contribution is -2.38. The molecule has 0 aromatic rings. The molecule has 0 radical (unpaired) electrons. The summed E-state index contributed by atoms with van der Waals surface area (Å²) in [4.78, 5) is 12.6. The molecule has 3 heteroatoms. The van der Waals surface area contributed by atoms with Crippen LogP contribution in [0.1, 0.15) is 13.3 Å². The fourth-order valence-electron chi connectivity index (χ4n) is 1.34. The number of aliphatic carboxylic acids is 1. The number of hydrogen-bond donors (Lipinski definition) is 1. The van der Waals surface area contributed by atoms with E-state index in [1.807, 2.05) is 24.0 Å². The fraction of sp³-hybridized carbons (Fsp3) is 0.625. The first-order chi connectivity index (χ1) is 5.25. The van der Waals surface area contributed by atoms with E-state index in [1.54, 1.807) is 0 Å². The predicted octanol–water partition coefficient (Wildman–Crippen LogP) is 0.721. The molecule has 1 rings (SSSR count). The summed E-state index contributed by atoms with van der Waals surface area (Å²) in [6, 6.07) is -0.301. The second-order valence-corrected chi connectivity index (χ2v) is 2.69. The Morgan fingerprint density at radius 1 is 1.64 bits per heavy atom. The van der Waals surface area contributed by atoms with E-state index in [2.05, 4.69) is 0 Å². The maximum atomic E-state index is 10.6. The molecule has 0 fully saturated rings. The Morgan fingerprint density at radius 2 is 2.18 bits per heavy atom. The molecular formula is C8H13NO2. The van der Waals surface area contributed by atoms with E-state index < -0.39 is 5.97 Å². The van der Waals surface area contributed by atoms with Crippen LogP contribution in [0, 0.1) is 0 Å². The Balaban J connectivity index is 2.48. The maximum Gasteiger partial charge on any atom is 0.320 e. The van der Waals surface area contributed by atoms with Gasteiger partial charge in [0.2, 0.25) is 0 Å². The van der Waals surface area contributed by atoms with E-state index in [0.717, 1.165) is 13.1 Å². The third-order valence-corrected chi connectivity index (χ3v) is 1.96. The molecule has 0 aromatic heterocycles. The van der Waals surface area contributed by atoms with Crippen molar-refractivity contribution in [1.82, 2.24) is 4.90 Å². The highest BCUT2D eigenvalue weighted by Crippen LogP contribution is 2.08. The SMILES string of the molecule is CCC(C(=O)O)N1CC=CC1. The Labute approximate surface area is 66.3 Å². The van der Waals surface area contributed by atoms with Crippen LogP contribution in [0.15, 0.2) is 12.2 Å². The largest absolute Gasteiger partial charge is 0.480 e. The average molecular weight is 155 g/mol. The molecule has 0 saturated heterocycles. The fourth-order valence-corrected chi connectivity index (χ4v) is 1.34. The Morgan fingerprint density at radius 3 is 2.55 bits per heavy atom. The third-order valence-electron chi connectivity index (χ3n) is 1.96. The van der Waals surface area contributed by atoms with Crippen molar-refractivity contribution >= 4 is 5.97 Å². The minimum atomic E-state index is -0.712. The molecule has 1 N–H and O–H groups in total. The van der Waals surface area contributed by atoms with Crippen LogP contribution in [0.2, 0.25) is 0 Å². The molecule has 0 bridgehead atoms. The average Bonchev–Trinajstić information content (AvgIpc) is 2.40. The van der Waals surface area contributed by atoms with E-state index in [9.17, 15) is 4.79 Å². The summed E-state index contributed by atoms with van der Waals surface area (Å²) in [6.45, 7) is 3.47. The van der Waals surface area contributed by atoms with Crippen molar-refractivity contribution < 1.29 is 9.90 Å². The summed E-state index contributed by atoms with van der Waals surface area (Å²) in [7, 11) is 0. The highest BCUT2D eigenvalue weighted by Gasteiger charge is 2.23. The Kier molecular flexibility index (Phi) is 2.65. The van der Waals surface area contributed by atoms with Gasteiger partial charge in [-0.05, 0) is 6.42 Å². The van der Waals surface area contributed by atoms with Gasteiger partial charge in [-0.2, -0.15) is 0 Å². The van der Waals surface area contributed by atoms with Gasteiger partial charge in [0.15, 0.2) is 0 Å². The lowest BCUT2D eigenvalue weighted by molar-refractivity contribution is -0.142. The smallest absolute Gasteiger partial charge is 0.320 e. The summed E-state index contributed by atoms with van der Waals surface area (Å²) in [5.74, 6) is -0.712. The minimum absolute atomic E-state index is 0.301. The Hall–Kier alpha value is -0.830. The van der Waals surface area contributed by atoms with E-state index >= 15 is 0 Å². The zero-order valence-corrected chi connectivity index (χ0v) is 6.66. The zero-order valence-electron chi connectivity index (χ0n) is 6.66. The van der Waals surface area contributed by atoms with Gasteiger partial charge < -0.3 is 5.11 Å². The van der Waals surface area contributed by atoms with Crippen molar-refractivity contribution in [1.29, 1.82) is 0 Å². The summed E-state index contributed by atoms with van der Waals surface area (Å²) in [5, 5.41) is 8.76. The number of hydrogen-bond acceptors (Lipinski definition) is 2. The third kappa shape index (κ3) is 1.80. The van der Waals surface area contributed by atoms with Gasteiger partial charge in [0.05, 0.1) is 0 Å². The molecule has 3 nitrogen and oxygen atoms in total. The van der Waals surface area contributed by atoms with Gasteiger partial charge in [-0.15, -0.1) is 0 Å². The van der Waals surface area contributed by atoms with Crippen LogP contribution < -0.4 is 0 Å². The molecule has 1 heterocycles. The normalized spacial score (nSPS) is 20.5. The predicted molar refractivity (Wildman–Crippen MR) is 42.4 cm³/mol. The van der Waals surface area contributed by atoms with Crippen LogP contribution in [-0.4, -0.2) is 35.1 Å². The van der Waals surface area contributed by atoms with Gasteiger partial charge in [-0.3, -0.25) is 9.69 Å². The molecule has 0 aliphatic carbocycles. The standard InChI is InChI=1S/C8H13NO2/c1-2-7(8(10)11)9-5-3-4-6-9/h3-4,7H,2,5-6H2,1H3,(H,10,11). The summed E-state index contributed by atoms with van der Waals surface area (Å²) >= 11 is 0. The number of carbonyl (C=O) groups is 1. The lowest BCUT2D eigenvalue weighted by Gasteiger charge is -2.21. The molecule has 0 aromatic carbocycles. The second kappa shape index (κ2) is 3.53. The molecule has 0 saturated carbocycles. The monoisotopic (exact) mass is 155 g/mol. The molecule has 1 atom stereocenters. The quantitative estimate of drug-likeness (QED) is 0.610. The van der Waals surface area contributed by atoms with Crippen molar-refractivity contribution in [3.05, 3.63) is 12.2 Å². The lowest BCUT2D eigenvalue weighted by atomic mass is 10.2. The maximum absolute atomic E-state index is 10.6. The number of nitrogens with zero attached hydrogens (tertiary/aromatic N) is 1. The molecular weight excluding hydrogens is 142 g/mol. The van der Waals surface area contributed by atoms with E-state index in [0.29, 0.717) is 6.42 Å². The van der Waals surface area contributed by atoms with Gasteiger partial charge in [0.25, 0.3) is 0 Å². The van der Waals surface area contributed by atoms with Crippen LogP contribution in [0.25, 0.3) is 0 Å². The second-order valence-electron chi connectivity index (χ2n) is 2.69. The van der Waals surface area contributed by atoms with Crippen molar-refractivity contribution in [3.63, 3.8) is 0 Å². The number of carboxylic acid groups (broad SMARTS) is 1. The van der Waals surface area contributed by atoms with Gasteiger partial charge in [-0.25, -0.2) is 0 Å². The molecule has 0 spiro atoms. The van der Waals surface area contributed by atoms with Gasteiger partial charge in [0.1, 0.15) is 6.04 Å². The first-order valence-electron chi connectivity index (χ1n) is 3.87. The Bertz CT molecular complexity index is 169. The van der Waals surface area contributed by atoms with Gasteiger partial charge in [0, 0.05) is 13.1 Å². The summed E-state index contributed by atoms with van der Waals surface area (Å²) in [5.41, 5.74) is 0. The number of carboxylic acids is 1. The molecule has 1 aliphatic heterocycles. The highest BCUT2D eigenvalue weighted by molar-refractivity contribution is 5.73.